The number of rotatable bonds is 4. The highest BCUT2D eigenvalue weighted by Gasteiger charge is 2.16. The highest BCUT2D eigenvalue weighted by Crippen LogP contribution is 2.29. The minimum Gasteiger partial charge on any atom is -0.438 e. The fourth-order valence-electron chi connectivity index (χ4n) is 2.55. The third-order valence-electron chi connectivity index (χ3n) is 3.81. The molecule has 4 aromatic rings. The second kappa shape index (κ2) is 6.93. The van der Waals surface area contributed by atoms with Crippen molar-refractivity contribution < 1.29 is 9.53 Å². The van der Waals surface area contributed by atoms with Gasteiger partial charge in [0.15, 0.2) is 5.13 Å². The van der Waals surface area contributed by atoms with E-state index < -0.39 is 0 Å². The van der Waals surface area contributed by atoms with Crippen LogP contribution in [0.4, 0.5) is 5.13 Å². The highest BCUT2D eigenvalue weighted by atomic mass is 32.1. The molecule has 4 rings (SSSR count). The summed E-state index contributed by atoms with van der Waals surface area (Å²) in [5.74, 6) is 0.574. The van der Waals surface area contributed by atoms with Crippen molar-refractivity contribution in [2.75, 3.05) is 5.32 Å². The number of nitrogens with one attached hydrogen (secondary N) is 1. The summed E-state index contributed by atoms with van der Waals surface area (Å²) in [6.45, 7) is 2.00. The van der Waals surface area contributed by atoms with Crippen molar-refractivity contribution in [2.24, 2.45) is 0 Å². The van der Waals surface area contributed by atoms with Gasteiger partial charge in [0.1, 0.15) is 11.3 Å². The molecule has 0 aliphatic carbocycles. The van der Waals surface area contributed by atoms with Gasteiger partial charge in [-0.05, 0) is 42.8 Å². The maximum absolute atomic E-state index is 12.7. The van der Waals surface area contributed by atoms with Crippen molar-refractivity contribution in [2.45, 2.75) is 6.92 Å². The van der Waals surface area contributed by atoms with Gasteiger partial charge in [0, 0.05) is 6.20 Å². The van der Waals surface area contributed by atoms with Gasteiger partial charge in [0.25, 0.3) is 5.91 Å². The molecule has 1 amide bonds. The number of aryl methyl sites for hydroxylation is 1. The molecule has 0 unspecified atom stereocenters. The molecule has 0 spiro atoms. The first-order valence-electron chi connectivity index (χ1n) is 8.06. The molecule has 0 fully saturated rings. The summed E-state index contributed by atoms with van der Waals surface area (Å²) in [7, 11) is 0. The third-order valence-corrected chi connectivity index (χ3v) is 4.75. The molecule has 0 aliphatic heterocycles. The summed E-state index contributed by atoms with van der Waals surface area (Å²) in [6, 6.07) is 18.6. The van der Waals surface area contributed by atoms with Gasteiger partial charge in [-0.3, -0.25) is 10.1 Å². The minimum atomic E-state index is -0.305. The lowest BCUT2D eigenvalue weighted by molar-refractivity contribution is 0.102. The fourth-order valence-corrected chi connectivity index (χ4v) is 3.49. The minimum absolute atomic E-state index is 0.258. The van der Waals surface area contributed by atoms with Crippen molar-refractivity contribution in [1.29, 1.82) is 0 Å². The van der Waals surface area contributed by atoms with E-state index >= 15 is 0 Å². The summed E-state index contributed by atoms with van der Waals surface area (Å²) in [5.41, 5.74) is 2.33. The number of benzene rings is 2. The molecule has 0 atom stereocenters. The van der Waals surface area contributed by atoms with E-state index in [1.165, 1.54) is 11.3 Å². The van der Waals surface area contributed by atoms with Crippen molar-refractivity contribution in [1.82, 2.24) is 9.97 Å². The molecule has 0 radical (unpaired) electrons. The first-order chi connectivity index (χ1) is 12.7. The van der Waals surface area contributed by atoms with Crippen LogP contribution >= 0.6 is 11.3 Å². The van der Waals surface area contributed by atoms with E-state index in [1.54, 1.807) is 18.3 Å². The largest absolute Gasteiger partial charge is 0.438 e. The first-order valence-corrected chi connectivity index (χ1v) is 8.88. The number of carbonyl (C=O) groups is 1. The second-order valence-electron chi connectivity index (χ2n) is 5.67. The van der Waals surface area contributed by atoms with Crippen LogP contribution in [0.1, 0.15) is 15.9 Å². The molecule has 0 saturated heterocycles. The van der Waals surface area contributed by atoms with Crippen LogP contribution in [0.2, 0.25) is 0 Å². The zero-order valence-electron chi connectivity index (χ0n) is 14.0. The van der Waals surface area contributed by atoms with Crippen molar-refractivity contribution in [3.05, 3.63) is 78.0 Å². The zero-order valence-corrected chi connectivity index (χ0v) is 14.8. The van der Waals surface area contributed by atoms with Crippen LogP contribution < -0.4 is 10.1 Å². The number of para-hydroxylation sites is 2. The highest BCUT2D eigenvalue weighted by molar-refractivity contribution is 7.22. The number of hydrogen-bond acceptors (Lipinski definition) is 5. The van der Waals surface area contributed by atoms with Crippen LogP contribution in [0.5, 0.6) is 11.6 Å². The molecular weight excluding hydrogens is 346 g/mol. The number of fused-ring (bicyclic) bond motifs is 1. The number of pyridine rings is 1. The Kier molecular flexibility index (Phi) is 4.33. The molecular formula is C20H15N3O2S. The van der Waals surface area contributed by atoms with Crippen LogP contribution in [-0.2, 0) is 0 Å². The topological polar surface area (TPSA) is 64.1 Å². The van der Waals surface area contributed by atoms with Gasteiger partial charge in [0.2, 0.25) is 5.88 Å². The summed E-state index contributed by atoms with van der Waals surface area (Å²) in [5, 5.41) is 3.40. The number of aromatic nitrogens is 2. The predicted octanol–water partition coefficient (Wildman–Crippen LogP) is 5.04. The Bertz CT molecular complexity index is 1080. The third kappa shape index (κ3) is 3.27. The first kappa shape index (κ1) is 16.2. The number of carbonyl (C=O) groups excluding carboxylic acids is 1. The quantitative estimate of drug-likeness (QED) is 0.553. The van der Waals surface area contributed by atoms with Gasteiger partial charge in [-0.1, -0.05) is 41.7 Å². The van der Waals surface area contributed by atoms with Gasteiger partial charge < -0.3 is 4.74 Å². The average Bonchev–Trinajstić information content (AvgIpc) is 3.07. The number of ether oxygens (including phenoxy) is 1. The SMILES string of the molecule is Cc1cccc2sc(NC(=O)c3cccnc3Oc3ccccc3)nc12. The average molecular weight is 361 g/mol. The van der Waals surface area contributed by atoms with E-state index in [-0.39, 0.29) is 11.8 Å². The maximum atomic E-state index is 12.7. The lowest BCUT2D eigenvalue weighted by atomic mass is 10.2. The number of amides is 1. The molecule has 0 bridgehead atoms. The smallest absolute Gasteiger partial charge is 0.262 e. The van der Waals surface area contributed by atoms with Crippen molar-refractivity contribution in [3.8, 4) is 11.6 Å². The predicted molar refractivity (Wildman–Crippen MR) is 103 cm³/mol. The van der Waals surface area contributed by atoms with Gasteiger partial charge in [-0.25, -0.2) is 9.97 Å². The Hall–Kier alpha value is -3.25. The molecule has 0 saturated carbocycles. The molecule has 0 aliphatic rings. The normalized spacial score (nSPS) is 10.7. The summed E-state index contributed by atoms with van der Waals surface area (Å²) in [4.78, 5) is 21.4. The number of anilines is 1. The van der Waals surface area contributed by atoms with E-state index in [1.807, 2.05) is 55.5 Å². The molecule has 1 N–H and O–H groups in total. The fraction of sp³-hybridized carbons (Fsp3) is 0.0500. The maximum Gasteiger partial charge on any atom is 0.262 e. The van der Waals surface area contributed by atoms with Crippen LogP contribution in [-0.4, -0.2) is 15.9 Å². The second-order valence-corrected chi connectivity index (χ2v) is 6.70. The van der Waals surface area contributed by atoms with Crippen LogP contribution in [0, 0.1) is 6.92 Å². The van der Waals surface area contributed by atoms with E-state index in [2.05, 4.69) is 15.3 Å². The summed E-state index contributed by atoms with van der Waals surface area (Å²) >= 11 is 1.44. The number of nitrogens with zero attached hydrogens (tertiary/aromatic N) is 2. The number of thiazole rings is 1. The molecule has 26 heavy (non-hydrogen) atoms. The van der Waals surface area contributed by atoms with E-state index in [0.29, 0.717) is 16.4 Å². The van der Waals surface area contributed by atoms with Crippen molar-refractivity contribution in [3.63, 3.8) is 0 Å². The Morgan fingerprint density at radius 3 is 2.69 bits per heavy atom. The van der Waals surface area contributed by atoms with Crippen LogP contribution in [0.25, 0.3) is 10.2 Å². The molecule has 6 heteroatoms. The Balaban J connectivity index is 1.61. The summed E-state index contributed by atoms with van der Waals surface area (Å²) < 4.78 is 6.79. The molecule has 128 valence electrons. The lowest BCUT2D eigenvalue weighted by Crippen LogP contribution is -2.13. The molecule has 2 heterocycles. The Labute approximate surface area is 154 Å². The standard InChI is InChI=1S/C20H15N3O2S/c1-13-7-5-11-16-17(13)22-20(26-16)23-18(24)15-10-6-12-21-19(15)25-14-8-3-2-4-9-14/h2-12H,1H3,(H,22,23,24). The number of hydrogen-bond donors (Lipinski definition) is 1. The lowest BCUT2D eigenvalue weighted by Gasteiger charge is -2.09. The van der Waals surface area contributed by atoms with Gasteiger partial charge in [0.05, 0.1) is 10.2 Å². The van der Waals surface area contributed by atoms with Crippen LogP contribution in [0.3, 0.4) is 0 Å². The van der Waals surface area contributed by atoms with Gasteiger partial charge >= 0.3 is 0 Å². The molecule has 2 aromatic heterocycles. The van der Waals surface area contributed by atoms with Gasteiger partial charge in [-0.15, -0.1) is 0 Å². The van der Waals surface area contributed by atoms with Gasteiger partial charge in [-0.2, -0.15) is 0 Å². The van der Waals surface area contributed by atoms with E-state index in [9.17, 15) is 4.79 Å². The van der Waals surface area contributed by atoms with Crippen LogP contribution in [0.15, 0.2) is 66.9 Å². The molecule has 2 aromatic carbocycles. The Morgan fingerprint density at radius 2 is 1.88 bits per heavy atom. The molecule has 5 nitrogen and oxygen atoms in total. The summed E-state index contributed by atoms with van der Waals surface area (Å²) in [6.07, 6.45) is 1.59. The van der Waals surface area contributed by atoms with Crippen molar-refractivity contribution >= 4 is 32.6 Å². The Morgan fingerprint density at radius 1 is 1.04 bits per heavy atom. The zero-order chi connectivity index (χ0) is 17.9. The van der Waals surface area contributed by atoms with E-state index in [4.69, 9.17) is 4.74 Å². The monoisotopic (exact) mass is 361 g/mol. The van der Waals surface area contributed by atoms with E-state index in [0.717, 1.165) is 15.8 Å².